The third-order valence-electron chi connectivity index (χ3n) is 4.64. The summed E-state index contributed by atoms with van der Waals surface area (Å²) in [6, 6.07) is 9.48. The molecule has 0 spiro atoms. The normalized spacial score (nSPS) is 20.9. The highest BCUT2D eigenvalue weighted by atomic mass is 16.7. The third kappa shape index (κ3) is 7.14. The summed E-state index contributed by atoms with van der Waals surface area (Å²) in [5, 5.41) is 0. The molecule has 134 valence electrons. The number of carbonyl (C=O) groups excluding carboxylic acids is 1. The van der Waals surface area contributed by atoms with E-state index in [0.29, 0.717) is 13.0 Å². The Kier molecular flexibility index (Phi) is 9.07. The standard InChI is InChI=1S/C21H32O3/c1-2-3-4-5-6-7-11-14-21-23-16-15-19(24-21)17-20(22)18-12-9-8-10-13-18/h8-10,12-13,19,21H,2-7,11,14-17H2,1H3/t19-,21-/m1/s1. The molecular weight excluding hydrogens is 300 g/mol. The minimum atomic E-state index is -0.122. The molecule has 1 saturated heterocycles. The van der Waals surface area contributed by atoms with Crippen LogP contribution >= 0.6 is 0 Å². The van der Waals surface area contributed by atoms with Gasteiger partial charge in [0.25, 0.3) is 0 Å². The van der Waals surface area contributed by atoms with Crippen molar-refractivity contribution in [1.82, 2.24) is 0 Å². The van der Waals surface area contributed by atoms with Crippen molar-refractivity contribution in [3.8, 4) is 0 Å². The van der Waals surface area contributed by atoms with Gasteiger partial charge in [0.2, 0.25) is 0 Å². The Morgan fingerprint density at radius 1 is 1.04 bits per heavy atom. The molecule has 2 rings (SSSR count). The Bertz CT molecular complexity index is 457. The topological polar surface area (TPSA) is 35.5 Å². The number of carbonyl (C=O) groups is 1. The van der Waals surface area contributed by atoms with E-state index in [1.807, 2.05) is 30.3 Å². The van der Waals surface area contributed by atoms with Crippen LogP contribution in [0.5, 0.6) is 0 Å². The van der Waals surface area contributed by atoms with Crippen molar-refractivity contribution in [3.05, 3.63) is 35.9 Å². The molecule has 1 aliphatic rings. The number of ketones is 1. The fraction of sp³-hybridized carbons (Fsp3) is 0.667. The van der Waals surface area contributed by atoms with Crippen molar-refractivity contribution in [1.29, 1.82) is 0 Å². The lowest BCUT2D eigenvalue weighted by Gasteiger charge is -2.30. The number of hydrogen-bond acceptors (Lipinski definition) is 3. The number of benzene rings is 1. The van der Waals surface area contributed by atoms with Crippen LogP contribution in [0.2, 0.25) is 0 Å². The van der Waals surface area contributed by atoms with E-state index in [1.165, 1.54) is 38.5 Å². The van der Waals surface area contributed by atoms with Crippen LogP contribution in [0.1, 0.15) is 81.5 Å². The van der Waals surface area contributed by atoms with E-state index in [9.17, 15) is 4.79 Å². The molecule has 0 unspecified atom stereocenters. The number of ether oxygens (including phenoxy) is 2. The highest BCUT2D eigenvalue weighted by Crippen LogP contribution is 2.21. The minimum absolute atomic E-state index is 0.000935. The van der Waals surface area contributed by atoms with Crippen molar-refractivity contribution < 1.29 is 14.3 Å². The second-order valence-electron chi connectivity index (χ2n) is 6.75. The predicted octanol–water partition coefficient (Wildman–Crippen LogP) is 5.53. The van der Waals surface area contributed by atoms with Gasteiger partial charge in [-0.3, -0.25) is 4.79 Å². The molecule has 0 saturated carbocycles. The van der Waals surface area contributed by atoms with Crippen molar-refractivity contribution in [2.24, 2.45) is 0 Å². The fourth-order valence-corrected chi connectivity index (χ4v) is 3.17. The van der Waals surface area contributed by atoms with Crippen LogP contribution < -0.4 is 0 Å². The second kappa shape index (κ2) is 11.4. The van der Waals surface area contributed by atoms with Gasteiger partial charge in [0.05, 0.1) is 12.7 Å². The summed E-state index contributed by atoms with van der Waals surface area (Å²) in [6.45, 7) is 2.95. The van der Waals surface area contributed by atoms with Crippen molar-refractivity contribution in [3.63, 3.8) is 0 Å². The molecule has 2 atom stereocenters. The summed E-state index contributed by atoms with van der Waals surface area (Å²) in [6.07, 6.45) is 11.2. The smallest absolute Gasteiger partial charge is 0.165 e. The molecule has 0 amide bonds. The van der Waals surface area contributed by atoms with Gasteiger partial charge in [0.15, 0.2) is 12.1 Å². The first-order valence-electron chi connectivity index (χ1n) is 9.65. The van der Waals surface area contributed by atoms with Gasteiger partial charge in [-0.15, -0.1) is 0 Å². The summed E-state index contributed by atoms with van der Waals surface area (Å²) >= 11 is 0. The highest BCUT2D eigenvalue weighted by Gasteiger charge is 2.24. The summed E-state index contributed by atoms with van der Waals surface area (Å²) in [7, 11) is 0. The Morgan fingerprint density at radius 2 is 1.75 bits per heavy atom. The molecule has 0 N–H and O–H groups in total. The lowest BCUT2D eigenvalue weighted by atomic mass is 10.0. The van der Waals surface area contributed by atoms with E-state index in [2.05, 4.69) is 6.92 Å². The maximum absolute atomic E-state index is 12.3. The van der Waals surface area contributed by atoms with E-state index < -0.39 is 0 Å². The Balaban J connectivity index is 1.62. The molecule has 1 aliphatic heterocycles. The van der Waals surface area contributed by atoms with Crippen LogP contribution in [-0.2, 0) is 9.47 Å². The van der Waals surface area contributed by atoms with Gasteiger partial charge >= 0.3 is 0 Å². The van der Waals surface area contributed by atoms with E-state index in [1.54, 1.807) is 0 Å². The van der Waals surface area contributed by atoms with Crippen LogP contribution in [-0.4, -0.2) is 24.8 Å². The number of rotatable bonds is 11. The van der Waals surface area contributed by atoms with Crippen molar-refractivity contribution in [2.75, 3.05) is 6.61 Å². The van der Waals surface area contributed by atoms with Gasteiger partial charge in [0.1, 0.15) is 0 Å². The predicted molar refractivity (Wildman–Crippen MR) is 97.2 cm³/mol. The quantitative estimate of drug-likeness (QED) is 0.395. The Labute approximate surface area is 146 Å². The van der Waals surface area contributed by atoms with Crippen molar-refractivity contribution in [2.45, 2.75) is 83.5 Å². The highest BCUT2D eigenvalue weighted by molar-refractivity contribution is 5.96. The zero-order valence-corrected chi connectivity index (χ0v) is 15.0. The first-order chi connectivity index (χ1) is 11.8. The molecule has 1 aromatic rings. The zero-order chi connectivity index (χ0) is 17.0. The average molecular weight is 332 g/mol. The molecule has 24 heavy (non-hydrogen) atoms. The van der Waals surface area contributed by atoms with E-state index >= 15 is 0 Å². The third-order valence-corrected chi connectivity index (χ3v) is 4.64. The van der Waals surface area contributed by atoms with Gasteiger partial charge in [-0.2, -0.15) is 0 Å². The SMILES string of the molecule is CCCCCCCCC[C@@H]1OCC[C@H](CC(=O)c2ccccc2)O1. The molecule has 1 heterocycles. The van der Waals surface area contributed by atoms with Crippen LogP contribution in [0.15, 0.2) is 30.3 Å². The lowest BCUT2D eigenvalue weighted by molar-refractivity contribution is -0.213. The molecule has 3 heteroatoms. The van der Waals surface area contributed by atoms with E-state index in [-0.39, 0.29) is 18.2 Å². The van der Waals surface area contributed by atoms with Crippen LogP contribution in [0, 0.1) is 0 Å². The maximum atomic E-state index is 12.3. The van der Waals surface area contributed by atoms with E-state index in [4.69, 9.17) is 9.47 Å². The van der Waals surface area contributed by atoms with Crippen molar-refractivity contribution >= 4 is 5.78 Å². The average Bonchev–Trinajstić information content (AvgIpc) is 2.62. The van der Waals surface area contributed by atoms with Gasteiger partial charge < -0.3 is 9.47 Å². The maximum Gasteiger partial charge on any atom is 0.165 e. The number of unbranched alkanes of at least 4 members (excludes halogenated alkanes) is 6. The molecule has 0 radical (unpaired) electrons. The van der Waals surface area contributed by atoms with Gasteiger partial charge in [-0.25, -0.2) is 0 Å². The monoisotopic (exact) mass is 332 g/mol. The summed E-state index contributed by atoms with van der Waals surface area (Å²) in [5.41, 5.74) is 0.774. The van der Waals surface area contributed by atoms with Gasteiger partial charge in [-0.05, 0) is 19.3 Å². The summed E-state index contributed by atoms with van der Waals surface area (Å²) < 4.78 is 11.7. The van der Waals surface area contributed by atoms with Gasteiger partial charge in [-0.1, -0.05) is 75.8 Å². The first-order valence-corrected chi connectivity index (χ1v) is 9.65. The van der Waals surface area contributed by atoms with Gasteiger partial charge in [0, 0.05) is 12.0 Å². The molecule has 1 aromatic carbocycles. The largest absolute Gasteiger partial charge is 0.353 e. The van der Waals surface area contributed by atoms with Crippen LogP contribution in [0.25, 0.3) is 0 Å². The molecule has 0 aliphatic carbocycles. The molecule has 0 aromatic heterocycles. The summed E-state index contributed by atoms with van der Waals surface area (Å²) in [5.74, 6) is 0.164. The minimum Gasteiger partial charge on any atom is -0.353 e. The van der Waals surface area contributed by atoms with Crippen LogP contribution in [0.4, 0.5) is 0 Å². The van der Waals surface area contributed by atoms with E-state index in [0.717, 1.165) is 24.8 Å². The Morgan fingerprint density at radius 3 is 2.50 bits per heavy atom. The lowest BCUT2D eigenvalue weighted by Crippen LogP contribution is -2.33. The Hall–Kier alpha value is -1.19. The number of Topliss-reactive ketones (excluding diaryl/α,β-unsaturated/α-hetero) is 1. The van der Waals surface area contributed by atoms with Crippen LogP contribution in [0.3, 0.4) is 0 Å². The molecule has 0 bridgehead atoms. The first kappa shape index (κ1) is 19.1. The summed E-state index contributed by atoms with van der Waals surface area (Å²) in [4.78, 5) is 12.3. The molecule has 1 fully saturated rings. The molecular formula is C21H32O3. The second-order valence-corrected chi connectivity index (χ2v) is 6.75. The number of hydrogen-bond donors (Lipinski definition) is 0. The zero-order valence-electron chi connectivity index (χ0n) is 15.0. The molecule has 3 nitrogen and oxygen atoms in total. The fourth-order valence-electron chi connectivity index (χ4n) is 3.17.